The molecule has 0 aliphatic rings. The van der Waals surface area contributed by atoms with Crippen LogP contribution in [-0.4, -0.2) is 18.6 Å². The van der Waals surface area contributed by atoms with E-state index in [1.54, 1.807) is 6.92 Å². The van der Waals surface area contributed by atoms with Gasteiger partial charge in [-0.3, -0.25) is 9.82 Å². The molecule has 0 bridgehead atoms. The molecule has 1 aromatic heterocycles. The van der Waals surface area contributed by atoms with Crippen LogP contribution in [0, 0.1) is 12.7 Å². The summed E-state index contributed by atoms with van der Waals surface area (Å²) in [7, 11) is -3.87. The fraction of sp³-hybridized carbons (Fsp3) is 0.182. The second kappa shape index (κ2) is 4.98. The van der Waals surface area contributed by atoms with Gasteiger partial charge in [-0.15, -0.1) is 0 Å². The van der Waals surface area contributed by atoms with Crippen LogP contribution < -0.4 is 10.5 Å². The number of aromatic amines is 1. The monoisotopic (exact) mass is 284 g/mol. The van der Waals surface area contributed by atoms with Crippen LogP contribution in [0.2, 0.25) is 0 Å². The molecule has 4 N–H and O–H groups in total. The Morgan fingerprint density at radius 2 is 2.21 bits per heavy atom. The molecule has 0 aliphatic carbocycles. The maximum atomic E-state index is 13.1. The lowest BCUT2D eigenvalue weighted by molar-refractivity contribution is 0.595. The molecule has 0 spiro atoms. The SMILES string of the molecule is Cc1ccc(F)cc1NS(=O)(=O)c1[nH]ncc1CN. The number of H-pyrrole nitrogens is 1. The van der Waals surface area contributed by atoms with Gasteiger partial charge in [0.1, 0.15) is 5.82 Å². The van der Waals surface area contributed by atoms with Crippen molar-refractivity contribution >= 4 is 15.7 Å². The first-order valence-electron chi connectivity index (χ1n) is 5.45. The van der Waals surface area contributed by atoms with E-state index in [0.29, 0.717) is 11.1 Å². The van der Waals surface area contributed by atoms with Crippen LogP contribution in [0.5, 0.6) is 0 Å². The highest BCUT2D eigenvalue weighted by Crippen LogP contribution is 2.21. The van der Waals surface area contributed by atoms with E-state index in [1.807, 2.05) is 0 Å². The summed E-state index contributed by atoms with van der Waals surface area (Å²) in [6, 6.07) is 3.87. The third-order valence-corrected chi connectivity index (χ3v) is 3.99. The number of benzene rings is 1. The fourth-order valence-corrected chi connectivity index (χ4v) is 2.84. The third kappa shape index (κ3) is 2.74. The molecule has 19 heavy (non-hydrogen) atoms. The number of aryl methyl sites for hydroxylation is 1. The standard InChI is InChI=1S/C11H13FN4O2S/c1-7-2-3-9(12)4-10(7)16-19(17,18)11-8(5-13)6-14-15-11/h2-4,6,16H,5,13H2,1H3,(H,14,15). The van der Waals surface area contributed by atoms with Gasteiger partial charge in [-0.25, -0.2) is 4.39 Å². The molecule has 0 atom stereocenters. The molecule has 1 heterocycles. The Balaban J connectivity index is 2.39. The predicted octanol–water partition coefficient (Wildman–Crippen LogP) is 1.12. The Morgan fingerprint density at radius 3 is 2.89 bits per heavy atom. The fourth-order valence-electron chi connectivity index (χ4n) is 1.58. The Kier molecular flexibility index (Phi) is 3.54. The molecule has 0 amide bonds. The average Bonchev–Trinajstić information content (AvgIpc) is 2.82. The van der Waals surface area contributed by atoms with E-state index in [1.165, 1.54) is 18.3 Å². The second-order valence-corrected chi connectivity index (χ2v) is 5.61. The minimum Gasteiger partial charge on any atom is -0.326 e. The number of nitrogens with two attached hydrogens (primary N) is 1. The zero-order valence-corrected chi connectivity index (χ0v) is 11.0. The Morgan fingerprint density at radius 1 is 1.47 bits per heavy atom. The topological polar surface area (TPSA) is 101 Å². The van der Waals surface area contributed by atoms with Crippen molar-refractivity contribution in [2.24, 2.45) is 5.73 Å². The molecule has 2 aromatic rings. The van der Waals surface area contributed by atoms with Gasteiger partial charge in [-0.1, -0.05) is 6.07 Å². The third-order valence-electron chi connectivity index (χ3n) is 2.61. The van der Waals surface area contributed by atoms with Crippen LogP contribution >= 0.6 is 0 Å². The second-order valence-electron chi connectivity index (χ2n) is 3.99. The molecule has 1 aromatic carbocycles. The van der Waals surface area contributed by atoms with Crippen LogP contribution in [-0.2, 0) is 16.6 Å². The summed E-state index contributed by atoms with van der Waals surface area (Å²) >= 11 is 0. The maximum absolute atomic E-state index is 13.1. The molecule has 102 valence electrons. The number of halogens is 1. The van der Waals surface area contributed by atoms with Crippen molar-refractivity contribution in [1.29, 1.82) is 0 Å². The van der Waals surface area contributed by atoms with Crippen LogP contribution in [0.25, 0.3) is 0 Å². The van der Waals surface area contributed by atoms with Gasteiger partial charge in [-0.05, 0) is 24.6 Å². The summed E-state index contributed by atoms with van der Waals surface area (Å²) in [6.07, 6.45) is 1.34. The van der Waals surface area contributed by atoms with Gasteiger partial charge in [0.15, 0.2) is 5.03 Å². The largest absolute Gasteiger partial charge is 0.326 e. The summed E-state index contributed by atoms with van der Waals surface area (Å²) < 4.78 is 39.7. The quantitative estimate of drug-likeness (QED) is 0.783. The van der Waals surface area contributed by atoms with E-state index in [9.17, 15) is 12.8 Å². The summed E-state index contributed by atoms with van der Waals surface area (Å²) in [5, 5.41) is 5.91. The molecular formula is C11H13FN4O2S. The highest BCUT2D eigenvalue weighted by molar-refractivity contribution is 7.92. The lowest BCUT2D eigenvalue weighted by Gasteiger charge is -2.10. The molecule has 2 rings (SSSR count). The van der Waals surface area contributed by atoms with E-state index in [0.717, 1.165) is 6.07 Å². The number of nitrogens with zero attached hydrogens (tertiary/aromatic N) is 1. The number of anilines is 1. The van der Waals surface area contributed by atoms with Gasteiger partial charge >= 0.3 is 0 Å². The van der Waals surface area contributed by atoms with Gasteiger partial charge in [-0.2, -0.15) is 13.5 Å². The molecule has 6 nitrogen and oxygen atoms in total. The highest BCUT2D eigenvalue weighted by Gasteiger charge is 2.21. The number of hydrogen-bond acceptors (Lipinski definition) is 4. The first-order chi connectivity index (χ1) is 8.94. The summed E-state index contributed by atoms with van der Waals surface area (Å²) in [6.45, 7) is 1.71. The Labute approximate surface area is 109 Å². The average molecular weight is 284 g/mol. The van der Waals surface area contributed by atoms with Crippen molar-refractivity contribution in [1.82, 2.24) is 10.2 Å². The minimum atomic E-state index is -3.87. The van der Waals surface area contributed by atoms with Crippen molar-refractivity contribution in [2.45, 2.75) is 18.5 Å². The number of aromatic nitrogens is 2. The van der Waals surface area contributed by atoms with Gasteiger partial charge in [0, 0.05) is 12.1 Å². The molecule has 0 saturated carbocycles. The summed E-state index contributed by atoms with van der Waals surface area (Å²) in [5.74, 6) is -0.521. The van der Waals surface area contributed by atoms with Crippen molar-refractivity contribution < 1.29 is 12.8 Å². The van der Waals surface area contributed by atoms with Gasteiger partial charge in [0.05, 0.1) is 11.9 Å². The van der Waals surface area contributed by atoms with E-state index in [-0.39, 0.29) is 17.3 Å². The molecular weight excluding hydrogens is 271 g/mol. The lowest BCUT2D eigenvalue weighted by Crippen LogP contribution is -2.17. The lowest BCUT2D eigenvalue weighted by atomic mass is 10.2. The van der Waals surface area contributed by atoms with Crippen LogP contribution in [0.1, 0.15) is 11.1 Å². The van der Waals surface area contributed by atoms with Crippen molar-refractivity contribution in [3.05, 3.63) is 41.3 Å². The zero-order chi connectivity index (χ0) is 14.0. The first-order valence-corrected chi connectivity index (χ1v) is 6.93. The number of nitrogens with one attached hydrogen (secondary N) is 2. The van der Waals surface area contributed by atoms with Crippen molar-refractivity contribution in [3.63, 3.8) is 0 Å². The predicted molar refractivity (Wildman–Crippen MR) is 68.4 cm³/mol. The van der Waals surface area contributed by atoms with Crippen LogP contribution in [0.3, 0.4) is 0 Å². The van der Waals surface area contributed by atoms with Gasteiger partial charge in [0.25, 0.3) is 10.0 Å². The number of hydrogen-bond donors (Lipinski definition) is 3. The molecule has 0 unspecified atom stereocenters. The minimum absolute atomic E-state index is 0.0366. The molecule has 0 radical (unpaired) electrons. The van der Waals surface area contributed by atoms with E-state index < -0.39 is 15.8 Å². The van der Waals surface area contributed by atoms with Crippen LogP contribution in [0.15, 0.2) is 29.4 Å². The normalized spacial score (nSPS) is 11.5. The molecule has 0 fully saturated rings. The Bertz CT molecular complexity index is 696. The summed E-state index contributed by atoms with van der Waals surface area (Å²) in [5.41, 5.74) is 6.58. The highest BCUT2D eigenvalue weighted by atomic mass is 32.2. The maximum Gasteiger partial charge on any atom is 0.279 e. The van der Waals surface area contributed by atoms with E-state index in [2.05, 4.69) is 14.9 Å². The van der Waals surface area contributed by atoms with Gasteiger partial charge < -0.3 is 5.73 Å². The summed E-state index contributed by atoms with van der Waals surface area (Å²) in [4.78, 5) is 0. The smallest absolute Gasteiger partial charge is 0.279 e. The number of sulfonamides is 1. The van der Waals surface area contributed by atoms with Crippen LogP contribution in [0.4, 0.5) is 10.1 Å². The molecule has 0 saturated heterocycles. The van der Waals surface area contributed by atoms with Gasteiger partial charge in [0.2, 0.25) is 0 Å². The first kappa shape index (κ1) is 13.5. The number of rotatable bonds is 4. The van der Waals surface area contributed by atoms with Crippen molar-refractivity contribution in [3.8, 4) is 0 Å². The molecule has 0 aliphatic heterocycles. The van der Waals surface area contributed by atoms with Crippen molar-refractivity contribution in [2.75, 3.05) is 4.72 Å². The van der Waals surface area contributed by atoms with E-state index >= 15 is 0 Å². The Hall–Kier alpha value is -1.93. The zero-order valence-electron chi connectivity index (χ0n) is 10.1. The molecule has 8 heteroatoms. The van der Waals surface area contributed by atoms with E-state index in [4.69, 9.17) is 5.73 Å².